The van der Waals surface area contributed by atoms with Crippen molar-refractivity contribution >= 4 is 5.97 Å². The molecule has 0 fully saturated rings. The molecule has 0 radical (unpaired) electrons. The van der Waals surface area contributed by atoms with Gasteiger partial charge in [0.15, 0.2) is 0 Å². The summed E-state index contributed by atoms with van der Waals surface area (Å²) >= 11 is 0. The lowest BCUT2D eigenvalue weighted by atomic mass is 10.1. The molecule has 1 heterocycles. The van der Waals surface area contributed by atoms with E-state index >= 15 is 0 Å². The van der Waals surface area contributed by atoms with E-state index in [2.05, 4.69) is 9.72 Å². The molecule has 1 unspecified atom stereocenters. The number of aliphatic hydroxyl groups is 1. The van der Waals surface area contributed by atoms with E-state index in [9.17, 15) is 9.90 Å². The third-order valence-corrected chi connectivity index (χ3v) is 1.59. The van der Waals surface area contributed by atoms with Crippen LogP contribution in [0.2, 0.25) is 0 Å². The van der Waals surface area contributed by atoms with E-state index in [-0.39, 0.29) is 6.42 Å². The largest absolute Gasteiger partial charge is 0.469 e. The van der Waals surface area contributed by atoms with Gasteiger partial charge in [0.05, 0.1) is 19.6 Å². The summed E-state index contributed by atoms with van der Waals surface area (Å²) in [5, 5.41) is 9.39. The van der Waals surface area contributed by atoms with Crippen LogP contribution in [-0.2, 0) is 9.53 Å². The Hall–Kier alpha value is -1.29. The maximum Gasteiger partial charge on any atom is 0.308 e. The Morgan fingerprint density at radius 2 is 2.58 bits per heavy atom. The Morgan fingerprint density at radius 1 is 1.83 bits per heavy atom. The fourth-order valence-corrected chi connectivity index (χ4v) is 0.903. The predicted octanol–water partition coefficient (Wildman–Crippen LogP) is 0.611. The van der Waals surface area contributed by atoms with Crippen molar-refractivity contribution in [1.29, 1.82) is 0 Å². The number of ether oxygens (including phenoxy) is 1. The summed E-state index contributed by atoms with van der Waals surface area (Å²) in [7, 11) is 1.30. The maximum absolute atomic E-state index is 10.7. The number of aromatic nitrogens is 1. The molecule has 0 aromatic carbocycles. The average molecular weight is 169 g/mol. The summed E-state index contributed by atoms with van der Waals surface area (Å²) in [5.41, 5.74) is 0.695. The predicted molar refractivity (Wildman–Crippen MR) is 42.4 cm³/mol. The lowest BCUT2D eigenvalue weighted by molar-refractivity contribution is -0.142. The average Bonchev–Trinajstić information content (AvgIpc) is 2.56. The number of hydrogen-bond acceptors (Lipinski definition) is 3. The highest BCUT2D eigenvalue weighted by Crippen LogP contribution is 2.15. The van der Waals surface area contributed by atoms with Gasteiger partial charge in [-0.2, -0.15) is 0 Å². The highest BCUT2D eigenvalue weighted by atomic mass is 16.5. The zero-order valence-corrected chi connectivity index (χ0v) is 6.78. The molecule has 0 saturated carbocycles. The molecule has 0 aliphatic carbocycles. The second-order valence-electron chi connectivity index (χ2n) is 2.44. The van der Waals surface area contributed by atoms with Gasteiger partial charge in [-0.1, -0.05) is 0 Å². The normalized spacial score (nSPS) is 12.5. The van der Waals surface area contributed by atoms with Crippen LogP contribution in [0.15, 0.2) is 18.5 Å². The van der Waals surface area contributed by atoms with Gasteiger partial charge in [0.25, 0.3) is 0 Å². The van der Waals surface area contributed by atoms with Gasteiger partial charge in [-0.05, 0) is 11.6 Å². The topological polar surface area (TPSA) is 62.3 Å². The molecule has 0 spiro atoms. The number of aromatic amines is 1. The van der Waals surface area contributed by atoms with Gasteiger partial charge >= 0.3 is 5.97 Å². The summed E-state index contributed by atoms with van der Waals surface area (Å²) in [6, 6.07) is 1.72. The van der Waals surface area contributed by atoms with Crippen molar-refractivity contribution in [3.63, 3.8) is 0 Å². The van der Waals surface area contributed by atoms with Gasteiger partial charge < -0.3 is 14.8 Å². The minimum atomic E-state index is -0.774. The monoisotopic (exact) mass is 169 g/mol. The molecule has 1 rings (SSSR count). The highest BCUT2D eigenvalue weighted by molar-refractivity contribution is 5.69. The number of rotatable bonds is 3. The quantitative estimate of drug-likeness (QED) is 0.652. The van der Waals surface area contributed by atoms with E-state index < -0.39 is 12.1 Å². The van der Waals surface area contributed by atoms with Gasteiger partial charge in [-0.3, -0.25) is 4.79 Å². The molecule has 12 heavy (non-hydrogen) atoms. The van der Waals surface area contributed by atoms with Crippen LogP contribution < -0.4 is 0 Å². The number of methoxy groups -OCH3 is 1. The molecule has 66 valence electrons. The molecule has 2 N–H and O–H groups in total. The lowest BCUT2D eigenvalue weighted by Crippen LogP contribution is -2.07. The zero-order valence-electron chi connectivity index (χ0n) is 6.78. The van der Waals surface area contributed by atoms with Crippen LogP contribution in [0.3, 0.4) is 0 Å². The van der Waals surface area contributed by atoms with Crippen LogP contribution in [0.1, 0.15) is 18.1 Å². The number of hydrogen-bond donors (Lipinski definition) is 2. The summed E-state index contributed by atoms with van der Waals surface area (Å²) in [6.07, 6.45) is 2.56. The molecule has 0 aliphatic rings. The number of carbonyl (C=O) groups is 1. The Morgan fingerprint density at radius 3 is 3.08 bits per heavy atom. The van der Waals surface area contributed by atoms with Crippen LogP contribution >= 0.6 is 0 Å². The van der Waals surface area contributed by atoms with E-state index in [0.29, 0.717) is 5.56 Å². The molecular weight excluding hydrogens is 158 g/mol. The van der Waals surface area contributed by atoms with Gasteiger partial charge in [0.2, 0.25) is 0 Å². The van der Waals surface area contributed by atoms with Crippen molar-refractivity contribution in [2.24, 2.45) is 0 Å². The van der Waals surface area contributed by atoms with Gasteiger partial charge in [0.1, 0.15) is 0 Å². The maximum atomic E-state index is 10.7. The van der Waals surface area contributed by atoms with Crippen molar-refractivity contribution in [2.75, 3.05) is 7.11 Å². The molecule has 0 saturated heterocycles. The molecule has 4 nitrogen and oxygen atoms in total. The van der Waals surface area contributed by atoms with Crippen LogP contribution in [0.4, 0.5) is 0 Å². The molecule has 1 aromatic heterocycles. The second-order valence-corrected chi connectivity index (χ2v) is 2.44. The first-order chi connectivity index (χ1) is 5.74. The number of aliphatic hydroxyl groups excluding tert-OH is 1. The minimum Gasteiger partial charge on any atom is -0.469 e. The van der Waals surface area contributed by atoms with Crippen LogP contribution in [0.25, 0.3) is 0 Å². The number of H-pyrrole nitrogens is 1. The molecule has 1 aromatic rings. The van der Waals surface area contributed by atoms with Gasteiger partial charge in [-0.15, -0.1) is 0 Å². The van der Waals surface area contributed by atoms with E-state index in [4.69, 9.17) is 0 Å². The SMILES string of the molecule is COC(=O)CC(O)c1cc[nH]c1. The first kappa shape index (κ1) is 8.80. The summed E-state index contributed by atoms with van der Waals surface area (Å²) < 4.78 is 4.41. The Labute approximate surface area is 70.2 Å². The molecule has 0 bridgehead atoms. The molecule has 4 heteroatoms. The first-order valence-electron chi connectivity index (χ1n) is 3.61. The van der Waals surface area contributed by atoms with E-state index in [1.807, 2.05) is 0 Å². The van der Waals surface area contributed by atoms with E-state index in [1.54, 1.807) is 18.5 Å². The second kappa shape index (κ2) is 3.92. The standard InChI is InChI=1S/C8H11NO3/c1-12-8(11)4-7(10)6-2-3-9-5-6/h2-3,5,7,9-10H,4H2,1H3. The van der Waals surface area contributed by atoms with Gasteiger partial charge in [-0.25, -0.2) is 0 Å². The third-order valence-electron chi connectivity index (χ3n) is 1.59. The number of nitrogens with one attached hydrogen (secondary N) is 1. The van der Waals surface area contributed by atoms with Crippen molar-refractivity contribution in [3.05, 3.63) is 24.0 Å². The van der Waals surface area contributed by atoms with Crippen LogP contribution in [-0.4, -0.2) is 23.2 Å². The zero-order chi connectivity index (χ0) is 8.97. The number of carbonyl (C=O) groups excluding carboxylic acids is 1. The molecular formula is C8H11NO3. The van der Waals surface area contributed by atoms with Crippen LogP contribution in [0.5, 0.6) is 0 Å². The Balaban J connectivity index is 2.49. The van der Waals surface area contributed by atoms with Crippen molar-refractivity contribution in [3.8, 4) is 0 Å². The third kappa shape index (κ3) is 2.10. The smallest absolute Gasteiger partial charge is 0.308 e. The van der Waals surface area contributed by atoms with E-state index in [0.717, 1.165) is 0 Å². The lowest BCUT2D eigenvalue weighted by Gasteiger charge is -2.05. The first-order valence-corrected chi connectivity index (χ1v) is 3.61. The molecule has 0 amide bonds. The summed E-state index contributed by atoms with van der Waals surface area (Å²) in [4.78, 5) is 13.5. The minimum absolute atomic E-state index is 0.00560. The molecule has 1 atom stereocenters. The Bertz CT molecular complexity index is 243. The van der Waals surface area contributed by atoms with Gasteiger partial charge in [0, 0.05) is 12.4 Å². The molecule has 0 aliphatic heterocycles. The van der Waals surface area contributed by atoms with Crippen molar-refractivity contribution in [1.82, 2.24) is 4.98 Å². The highest BCUT2D eigenvalue weighted by Gasteiger charge is 2.12. The fraction of sp³-hybridized carbons (Fsp3) is 0.375. The summed E-state index contributed by atoms with van der Waals surface area (Å²) in [6.45, 7) is 0. The number of esters is 1. The summed E-state index contributed by atoms with van der Waals surface area (Å²) in [5.74, 6) is -0.413. The Kier molecular flexibility index (Phi) is 2.88. The van der Waals surface area contributed by atoms with Crippen LogP contribution in [0, 0.1) is 0 Å². The van der Waals surface area contributed by atoms with Crippen molar-refractivity contribution < 1.29 is 14.6 Å². The van der Waals surface area contributed by atoms with E-state index in [1.165, 1.54) is 7.11 Å². The fourth-order valence-electron chi connectivity index (χ4n) is 0.903. The van der Waals surface area contributed by atoms with Crippen molar-refractivity contribution in [2.45, 2.75) is 12.5 Å².